The van der Waals surface area contributed by atoms with E-state index >= 15 is 0 Å². The molecule has 0 aliphatic rings. The number of fused-ring (bicyclic) bond motifs is 1. The van der Waals surface area contributed by atoms with Gasteiger partial charge in [-0.2, -0.15) is 0 Å². The molecule has 2 heterocycles. The first-order valence-corrected chi connectivity index (χ1v) is 13.2. The van der Waals surface area contributed by atoms with E-state index in [0.29, 0.717) is 18.7 Å². The third kappa shape index (κ3) is 4.80. The average molecular weight is 499 g/mol. The van der Waals surface area contributed by atoms with Crippen LogP contribution in [0.4, 0.5) is 0 Å². The molecule has 0 bridgehead atoms. The number of sulfonamides is 1. The Balaban J connectivity index is 1.57. The van der Waals surface area contributed by atoms with Gasteiger partial charge >= 0.3 is 0 Å². The van der Waals surface area contributed by atoms with Crippen LogP contribution in [0.25, 0.3) is 16.7 Å². The molecule has 10 heteroatoms. The van der Waals surface area contributed by atoms with Crippen molar-refractivity contribution in [2.24, 2.45) is 5.14 Å². The number of rotatable bonds is 9. The molecule has 178 valence electrons. The number of Topliss-reactive ketones (excluding diaryl/α,β-unsaturated/α-hetero) is 1. The number of para-hydroxylation sites is 2. The van der Waals surface area contributed by atoms with Crippen molar-refractivity contribution < 1.29 is 17.9 Å². The van der Waals surface area contributed by atoms with E-state index in [1.165, 1.54) is 23.9 Å². The number of ketones is 1. The monoisotopic (exact) mass is 498 g/mol. The lowest BCUT2D eigenvalue weighted by Crippen LogP contribution is -2.12. The van der Waals surface area contributed by atoms with Gasteiger partial charge in [-0.25, -0.2) is 18.5 Å². The lowest BCUT2D eigenvalue weighted by molar-refractivity contribution is 0.102. The normalized spacial score (nSPS) is 11.9. The number of aryl methyl sites for hydroxylation is 1. The fourth-order valence-electron chi connectivity index (χ4n) is 4.00. The summed E-state index contributed by atoms with van der Waals surface area (Å²) < 4.78 is 32.3. The quantitative estimate of drug-likeness (QED) is 0.278. The zero-order valence-electron chi connectivity index (χ0n) is 19.2. The molecule has 0 unspecified atom stereocenters. The summed E-state index contributed by atoms with van der Waals surface area (Å²) in [4.78, 5) is 17.9. The van der Waals surface area contributed by atoms with E-state index in [-0.39, 0.29) is 16.4 Å². The molecule has 2 aromatic heterocycles. The van der Waals surface area contributed by atoms with Gasteiger partial charge < -0.3 is 13.9 Å². The Kier molecular flexibility index (Phi) is 6.94. The number of aromatic nitrogens is 3. The van der Waals surface area contributed by atoms with Crippen LogP contribution in [-0.2, 0) is 21.3 Å². The van der Waals surface area contributed by atoms with Gasteiger partial charge in [0.1, 0.15) is 0 Å². The van der Waals surface area contributed by atoms with Crippen LogP contribution in [0, 0.1) is 13.8 Å². The second-order valence-electron chi connectivity index (χ2n) is 7.90. The summed E-state index contributed by atoms with van der Waals surface area (Å²) in [6, 6.07) is 16.0. The highest BCUT2D eigenvalue weighted by Crippen LogP contribution is 2.27. The Morgan fingerprint density at radius 3 is 2.50 bits per heavy atom. The first-order valence-electron chi connectivity index (χ1n) is 10.6. The lowest BCUT2D eigenvalue weighted by atomic mass is 10.2. The van der Waals surface area contributed by atoms with E-state index in [1.807, 2.05) is 48.7 Å². The predicted molar refractivity (Wildman–Crippen MR) is 133 cm³/mol. The second kappa shape index (κ2) is 9.75. The first kappa shape index (κ1) is 24.2. The molecule has 2 N–H and O–H groups in total. The number of benzene rings is 2. The summed E-state index contributed by atoms with van der Waals surface area (Å²) in [5.74, 6) is 0.237. The standard InChI is InChI=1S/C24H26N4O4S2/c1-16-14-20(17(2)28(16)18-8-10-19(11-9-18)34(25,30)31)23(29)15-33-24-26-21-6-4-5-7-22(21)27(24)12-13-32-3/h4-11,14H,12-13,15H2,1-3H3,(H2,25,30,31). The van der Waals surface area contributed by atoms with E-state index in [1.54, 1.807) is 19.2 Å². The largest absolute Gasteiger partial charge is 0.383 e. The molecule has 0 atom stereocenters. The molecule has 0 saturated heterocycles. The van der Waals surface area contributed by atoms with Crippen LogP contribution in [0.1, 0.15) is 21.7 Å². The van der Waals surface area contributed by atoms with Crippen LogP contribution in [-0.4, -0.2) is 47.8 Å². The van der Waals surface area contributed by atoms with Crippen molar-refractivity contribution in [1.29, 1.82) is 0 Å². The minimum absolute atomic E-state index is 0.00384. The molecule has 4 aromatic rings. The molecule has 0 spiro atoms. The number of primary sulfonamides is 1. The number of hydrogen-bond acceptors (Lipinski definition) is 6. The molecule has 0 radical (unpaired) electrons. The Bertz CT molecular complexity index is 1450. The van der Waals surface area contributed by atoms with Crippen molar-refractivity contribution >= 4 is 38.6 Å². The molecule has 34 heavy (non-hydrogen) atoms. The number of nitrogens with zero attached hydrogens (tertiary/aromatic N) is 3. The Morgan fingerprint density at radius 2 is 1.82 bits per heavy atom. The third-order valence-corrected chi connectivity index (χ3v) is 7.53. The molecular formula is C24H26N4O4S2. The van der Waals surface area contributed by atoms with Crippen molar-refractivity contribution in [2.45, 2.75) is 30.4 Å². The van der Waals surface area contributed by atoms with Gasteiger partial charge in [0.2, 0.25) is 10.0 Å². The van der Waals surface area contributed by atoms with Gasteiger partial charge in [0.25, 0.3) is 0 Å². The third-order valence-electron chi connectivity index (χ3n) is 5.63. The van der Waals surface area contributed by atoms with Gasteiger partial charge in [0, 0.05) is 36.3 Å². The maximum atomic E-state index is 13.2. The number of nitrogens with two attached hydrogens (primary N) is 1. The van der Waals surface area contributed by atoms with Crippen LogP contribution in [0.15, 0.2) is 64.6 Å². The molecule has 8 nitrogen and oxygen atoms in total. The summed E-state index contributed by atoms with van der Waals surface area (Å²) in [5.41, 5.74) is 4.95. The zero-order valence-corrected chi connectivity index (χ0v) is 20.8. The number of ether oxygens (including phenoxy) is 1. The van der Waals surface area contributed by atoms with Crippen LogP contribution in [0.5, 0.6) is 0 Å². The van der Waals surface area contributed by atoms with Crippen molar-refractivity contribution in [3.05, 3.63) is 71.5 Å². The Hall–Kier alpha value is -2.92. The minimum Gasteiger partial charge on any atom is -0.383 e. The molecule has 2 aromatic carbocycles. The SMILES string of the molecule is COCCn1c(SCC(=O)c2cc(C)n(-c3ccc(S(N)(=O)=O)cc3)c2C)nc2ccccc21. The molecule has 0 fully saturated rings. The summed E-state index contributed by atoms with van der Waals surface area (Å²) in [6.45, 7) is 4.99. The summed E-state index contributed by atoms with van der Waals surface area (Å²) in [7, 11) is -2.10. The van der Waals surface area contributed by atoms with Crippen LogP contribution < -0.4 is 5.14 Å². The molecule has 0 aliphatic carbocycles. The van der Waals surface area contributed by atoms with Gasteiger partial charge in [0.05, 0.1) is 28.3 Å². The summed E-state index contributed by atoms with van der Waals surface area (Å²) in [6.07, 6.45) is 0. The molecule has 4 rings (SSSR count). The van der Waals surface area contributed by atoms with Crippen LogP contribution in [0.2, 0.25) is 0 Å². The number of hydrogen-bond donors (Lipinski definition) is 1. The number of imidazole rings is 1. The summed E-state index contributed by atoms with van der Waals surface area (Å²) >= 11 is 1.41. The smallest absolute Gasteiger partial charge is 0.238 e. The van der Waals surface area contributed by atoms with Crippen molar-refractivity contribution in [2.75, 3.05) is 19.5 Å². The van der Waals surface area contributed by atoms with E-state index in [0.717, 1.165) is 33.3 Å². The maximum absolute atomic E-state index is 13.2. The Morgan fingerprint density at radius 1 is 1.12 bits per heavy atom. The van der Waals surface area contributed by atoms with E-state index < -0.39 is 10.0 Å². The molecular weight excluding hydrogens is 472 g/mol. The number of methoxy groups -OCH3 is 1. The van der Waals surface area contributed by atoms with E-state index in [9.17, 15) is 13.2 Å². The molecule has 0 saturated carbocycles. The lowest BCUT2D eigenvalue weighted by Gasteiger charge is -2.11. The highest BCUT2D eigenvalue weighted by atomic mass is 32.2. The fourth-order valence-corrected chi connectivity index (χ4v) is 5.44. The minimum atomic E-state index is -3.77. The van der Waals surface area contributed by atoms with Crippen molar-refractivity contribution in [3.8, 4) is 5.69 Å². The molecule has 0 amide bonds. The molecule has 0 aliphatic heterocycles. The zero-order chi connectivity index (χ0) is 24.5. The number of thioether (sulfide) groups is 1. The predicted octanol–water partition coefficient (Wildman–Crippen LogP) is 3.71. The second-order valence-corrected chi connectivity index (χ2v) is 10.4. The Labute approximate surface area is 202 Å². The topological polar surface area (TPSA) is 109 Å². The number of carbonyl (C=O) groups is 1. The fraction of sp³-hybridized carbons (Fsp3) is 0.250. The van der Waals surface area contributed by atoms with Gasteiger partial charge in [-0.1, -0.05) is 23.9 Å². The van der Waals surface area contributed by atoms with Crippen molar-refractivity contribution in [3.63, 3.8) is 0 Å². The van der Waals surface area contributed by atoms with Crippen LogP contribution in [0.3, 0.4) is 0 Å². The number of carbonyl (C=O) groups excluding carboxylic acids is 1. The highest BCUT2D eigenvalue weighted by Gasteiger charge is 2.19. The van der Waals surface area contributed by atoms with Gasteiger partial charge in [0.15, 0.2) is 10.9 Å². The summed E-state index contributed by atoms with van der Waals surface area (Å²) in [5, 5.41) is 5.97. The highest BCUT2D eigenvalue weighted by molar-refractivity contribution is 7.99. The van der Waals surface area contributed by atoms with Gasteiger partial charge in [-0.3, -0.25) is 4.79 Å². The van der Waals surface area contributed by atoms with E-state index in [2.05, 4.69) is 4.57 Å². The average Bonchev–Trinajstić information content (AvgIpc) is 3.31. The van der Waals surface area contributed by atoms with E-state index in [4.69, 9.17) is 14.9 Å². The first-order chi connectivity index (χ1) is 16.2. The maximum Gasteiger partial charge on any atom is 0.238 e. The van der Waals surface area contributed by atoms with Gasteiger partial charge in [-0.15, -0.1) is 0 Å². The van der Waals surface area contributed by atoms with Crippen LogP contribution >= 0.6 is 11.8 Å². The van der Waals surface area contributed by atoms with Crippen molar-refractivity contribution in [1.82, 2.24) is 14.1 Å². The van der Waals surface area contributed by atoms with Gasteiger partial charge in [-0.05, 0) is 56.3 Å².